The monoisotopic (exact) mass is 752 g/mol. The summed E-state index contributed by atoms with van der Waals surface area (Å²) < 4.78 is 28.0. The fourth-order valence-electron chi connectivity index (χ4n) is 4.70. The highest BCUT2D eigenvalue weighted by molar-refractivity contribution is 6.32. The molecule has 1 aliphatic rings. The van der Waals surface area contributed by atoms with Crippen LogP contribution in [0.25, 0.3) is 16.9 Å². The molecule has 0 saturated heterocycles. The van der Waals surface area contributed by atoms with Crippen LogP contribution in [-0.4, -0.2) is 73.5 Å². The van der Waals surface area contributed by atoms with E-state index in [0.717, 1.165) is 41.6 Å². The second-order valence-corrected chi connectivity index (χ2v) is 14.0. The number of aldehydes is 1. The molecule has 0 bridgehead atoms. The second-order valence-electron chi connectivity index (χ2n) is 13.6. The van der Waals surface area contributed by atoms with E-state index in [0.29, 0.717) is 28.8 Å². The number of nitrogens with two attached hydrogens (primary N) is 1. The Balaban J connectivity index is 0.000000637. The maximum absolute atomic E-state index is 13.8. The van der Waals surface area contributed by atoms with E-state index in [1.54, 1.807) is 60.5 Å². The molecule has 3 N–H and O–H groups in total. The number of nitrogens with one attached hydrogen (secondary N) is 1. The first-order valence-corrected chi connectivity index (χ1v) is 17.6. The fourth-order valence-corrected chi connectivity index (χ4v) is 4.90. The topological polar surface area (TPSA) is 149 Å². The standard InChI is InChI=1S/C26H29ClF2N10O.C5H8O.C5H12.C2H2/c1-4-11-37-34-13-20(36-37)16-5-7-17(8-6-16)25(40)38(26(30)32-3)22(14-31-2)18-9-10-19(27)21(12-18)39-24(23(28)29)33-15-35-39;6-4-3-5-1-2-5;1-5(2,3)4;1-2/h5-10,12-13,15,22-23,31H,4,11,14H2,1-3H3,(H2,30,32);4-5H,1-3H2;1-4H3;1-2H/t22-;;;/m1.../s1. The summed E-state index contributed by atoms with van der Waals surface area (Å²) in [6, 6.07) is 11.1. The zero-order chi connectivity index (χ0) is 39.7. The van der Waals surface area contributed by atoms with Gasteiger partial charge in [-0.3, -0.25) is 14.7 Å². The number of halogens is 3. The number of carbonyl (C=O) groups excluding carboxylic acids is 2. The van der Waals surface area contributed by atoms with Crippen molar-refractivity contribution in [3.05, 3.63) is 77.0 Å². The van der Waals surface area contributed by atoms with Crippen molar-refractivity contribution in [1.29, 1.82) is 0 Å². The smallest absolute Gasteiger partial charge is 0.297 e. The molecule has 1 amide bonds. The van der Waals surface area contributed by atoms with Gasteiger partial charge < -0.3 is 15.8 Å². The number of terminal acetylenes is 1. The summed E-state index contributed by atoms with van der Waals surface area (Å²) in [5.74, 6) is -0.207. The summed E-state index contributed by atoms with van der Waals surface area (Å²) >= 11 is 6.37. The lowest BCUT2D eigenvalue weighted by Crippen LogP contribution is -2.47. The number of nitrogens with zero attached hydrogens (tertiary/aromatic N) is 8. The van der Waals surface area contributed by atoms with Crippen LogP contribution in [0, 0.1) is 24.2 Å². The van der Waals surface area contributed by atoms with Crippen molar-refractivity contribution in [3.8, 4) is 29.8 Å². The van der Waals surface area contributed by atoms with Crippen molar-refractivity contribution in [2.24, 2.45) is 22.1 Å². The average Bonchev–Trinajstić information content (AvgIpc) is 3.59. The second kappa shape index (κ2) is 21.5. The molecule has 0 spiro atoms. The molecule has 2 aromatic heterocycles. The van der Waals surface area contributed by atoms with Gasteiger partial charge in [-0.25, -0.2) is 18.4 Å². The van der Waals surface area contributed by atoms with Crippen molar-refractivity contribution in [2.45, 2.75) is 79.3 Å². The number of carbonyl (C=O) groups is 2. The van der Waals surface area contributed by atoms with E-state index < -0.39 is 24.2 Å². The Morgan fingerprint density at radius 1 is 1.15 bits per heavy atom. The maximum Gasteiger partial charge on any atom is 0.297 e. The van der Waals surface area contributed by atoms with Crippen molar-refractivity contribution >= 4 is 29.8 Å². The van der Waals surface area contributed by atoms with Gasteiger partial charge in [0.15, 0.2) is 11.8 Å². The largest absolute Gasteiger partial charge is 0.369 e. The molecule has 1 fully saturated rings. The number of alkyl halides is 2. The quantitative estimate of drug-likeness (QED) is 0.0670. The van der Waals surface area contributed by atoms with Gasteiger partial charge in [0.1, 0.15) is 18.3 Å². The van der Waals surface area contributed by atoms with Crippen LogP contribution in [0.3, 0.4) is 0 Å². The minimum Gasteiger partial charge on any atom is -0.369 e. The summed E-state index contributed by atoms with van der Waals surface area (Å²) in [6.45, 7) is 11.8. The number of amides is 1. The molecule has 5 rings (SSSR count). The minimum atomic E-state index is -2.87. The number of hydrogen-bond acceptors (Lipinski definition) is 8. The predicted molar refractivity (Wildman–Crippen MR) is 206 cm³/mol. The van der Waals surface area contributed by atoms with Crippen molar-refractivity contribution in [2.75, 3.05) is 20.6 Å². The zero-order valence-electron chi connectivity index (χ0n) is 31.5. The van der Waals surface area contributed by atoms with Crippen LogP contribution in [0.5, 0.6) is 0 Å². The Kier molecular flexibility index (Phi) is 17.9. The van der Waals surface area contributed by atoms with Crippen molar-refractivity contribution in [1.82, 2.24) is 40.0 Å². The van der Waals surface area contributed by atoms with Gasteiger partial charge in [0.2, 0.25) is 0 Å². The number of aryl methyl sites for hydroxylation is 1. The van der Waals surface area contributed by atoms with E-state index in [4.69, 9.17) is 17.3 Å². The van der Waals surface area contributed by atoms with Gasteiger partial charge in [0.25, 0.3) is 12.3 Å². The average molecular weight is 753 g/mol. The van der Waals surface area contributed by atoms with Gasteiger partial charge >= 0.3 is 0 Å². The number of hydrogen-bond donors (Lipinski definition) is 2. The van der Waals surface area contributed by atoms with Crippen molar-refractivity contribution in [3.63, 3.8) is 0 Å². The molecule has 15 heteroatoms. The Morgan fingerprint density at radius 2 is 1.79 bits per heavy atom. The highest BCUT2D eigenvalue weighted by Crippen LogP contribution is 2.32. The van der Waals surface area contributed by atoms with Gasteiger partial charge in [-0.1, -0.05) is 64.4 Å². The molecule has 0 radical (unpaired) electrons. The number of benzene rings is 2. The number of rotatable bonds is 12. The molecule has 53 heavy (non-hydrogen) atoms. The Hall–Kier alpha value is -5.00. The normalized spacial score (nSPS) is 13.0. The van der Waals surface area contributed by atoms with Crippen LogP contribution in [0.15, 0.2) is 60.0 Å². The van der Waals surface area contributed by atoms with Crippen LogP contribution in [0.2, 0.25) is 5.02 Å². The minimum absolute atomic E-state index is 0.0256. The maximum atomic E-state index is 13.8. The molecule has 0 aliphatic heterocycles. The number of guanidine groups is 1. The first kappa shape index (κ1) is 44.2. The first-order chi connectivity index (χ1) is 25.2. The third-order valence-electron chi connectivity index (χ3n) is 7.27. The van der Waals surface area contributed by atoms with Gasteiger partial charge in [0.05, 0.1) is 29.5 Å². The lowest BCUT2D eigenvalue weighted by Gasteiger charge is -2.31. The SMILES string of the molecule is C#C.CC(C)(C)C.CCCn1ncc(-c2ccc(C(=O)N(C(N)=NC)[C@H](CNC)c3ccc(Cl)c(-n4ncnc4C(F)F)c3)cc2)n1.O=CCC1CC1. The van der Waals surface area contributed by atoms with Gasteiger partial charge in [-0.15, -0.1) is 12.8 Å². The number of aromatic nitrogens is 6. The van der Waals surface area contributed by atoms with Crippen LogP contribution in [-0.2, 0) is 11.3 Å². The molecule has 2 aromatic carbocycles. The molecular weight excluding hydrogens is 702 g/mol. The lowest BCUT2D eigenvalue weighted by molar-refractivity contribution is -0.108. The van der Waals surface area contributed by atoms with E-state index in [-0.39, 0.29) is 23.2 Å². The molecule has 1 aliphatic carbocycles. The zero-order valence-corrected chi connectivity index (χ0v) is 32.3. The Labute approximate surface area is 316 Å². The highest BCUT2D eigenvalue weighted by Gasteiger charge is 2.30. The first-order valence-electron chi connectivity index (χ1n) is 17.2. The van der Waals surface area contributed by atoms with Crippen LogP contribution in [0.1, 0.15) is 94.5 Å². The summed E-state index contributed by atoms with van der Waals surface area (Å²) in [4.78, 5) is 34.2. The molecular formula is C38H51ClF2N10O2. The molecule has 4 aromatic rings. The Morgan fingerprint density at radius 3 is 2.30 bits per heavy atom. The molecule has 286 valence electrons. The highest BCUT2D eigenvalue weighted by atomic mass is 35.5. The van der Waals surface area contributed by atoms with E-state index in [1.807, 2.05) is 6.92 Å². The number of likely N-dealkylation sites (N-methyl/N-ethyl adjacent to an activating group) is 1. The van der Waals surface area contributed by atoms with Crippen LogP contribution in [0.4, 0.5) is 8.78 Å². The predicted octanol–water partition coefficient (Wildman–Crippen LogP) is 7.16. The summed E-state index contributed by atoms with van der Waals surface area (Å²) in [5.41, 5.74) is 9.37. The van der Waals surface area contributed by atoms with Crippen LogP contribution >= 0.6 is 11.6 Å². The lowest BCUT2D eigenvalue weighted by atomic mass is 10.0. The molecule has 1 atom stereocenters. The van der Waals surface area contributed by atoms with Crippen molar-refractivity contribution < 1.29 is 18.4 Å². The third-order valence-corrected chi connectivity index (χ3v) is 7.59. The van der Waals surface area contributed by atoms with Gasteiger partial charge in [-0.2, -0.15) is 20.1 Å². The molecule has 0 unspecified atom stereocenters. The van der Waals surface area contributed by atoms with E-state index >= 15 is 0 Å². The molecule has 12 nitrogen and oxygen atoms in total. The fraction of sp³-hybridized carbons (Fsp3) is 0.447. The van der Waals surface area contributed by atoms with Gasteiger partial charge in [-0.05, 0) is 67.5 Å². The van der Waals surface area contributed by atoms with E-state index in [2.05, 4.69) is 71.1 Å². The molecule has 2 heterocycles. The summed E-state index contributed by atoms with van der Waals surface area (Å²) in [7, 11) is 3.20. The number of aliphatic imine (C=N–C) groups is 1. The third kappa shape index (κ3) is 13.8. The van der Waals surface area contributed by atoms with Gasteiger partial charge in [0, 0.05) is 31.1 Å². The summed E-state index contributed by atoms with van der Waals surface area (Å²) in [5, 5.41) is 15.9. The van der Waals surface area contributed by atoms with E-state index in [9.17, 15) is 18.4 Å². The Bertz CT molecular complexity index is 1770. The summed E-state index contributed by atoms with van der Waals surface area (Å²) in [6.07, 6.45) is 13.1. The van der Waals surface area contributed by atoms with Crippen LogP contribution < -0.4 is 11.1 Å². The van der Waals surface area contributed by atoms with E-state index in [1.165, 1.54) is 24.8 Å². The molecule has 1 saturated carbocycles.